The minimum absolute atomic E-state index is 0.0633. The molecule has 13 heavy (non-hydrogen) atoms. The summed E-state index contributed by atoms with van der Waals surface area (Å²) in [5.74, 6) is 0. The van der Waals surface area contributed by atoms with Crippen LogP contribution < -0.4 is 5.73 Å². The van der Waals surface area contributed by atoms with Crippen LogP contribution in [0.15, 0.2) is 6.20 Å². The summed E-state index contributed by atoms with van der Waals surface area (Å²) in [7, 11) is 0. The molecule has 0 aromatic carbocycles. The summed E-state index contributed by atoms with van der Waals surface area (Å²) in [6.07, 6.45) is -1.55. The Labute approximate surface area is 86.7 Å². The van der Waals surface area contributed by atoms with Gasteiger partial charge in [-0.2, -0.15) is 5.26 Å². The normalized spacial score (nSPS) is 10.1. The zero-order chi connectivity index (χ0) is 10.0. The molecule has 0 fully saturated rings. The molecule has 2 N–H and O–H groups in total. The average molecular weight is 295 g/mol. The first-order chi connectivity index (χ1) is 6.07. The quantitative estimate of drug-likeness (QED) is 0.807. The molecule has 1 heterocycles. The van der Waals surface area contributed by atoms with Crippen LogP contribution in [0.5, 0.6) is 0 Å². The van der Waals surface area contributed by atoms with E-state index in [1.165, 1.54) is 6.20 Å². The first kappa shape index (κ1) is 10.1. The monoisotopic (exact) mass is 295 g/mol. The highest BCUT2D eigenvalue weighted by molar-refractivity contribution is 14.1. The Hall–Kier alpha value is -0.970. The van der Waals surface area contributed by atoms with Crippen molar-refractivity contribution < 1.29 is 8.78 Å². The lowest BCUT2D eigenvalue weighted by Crippen LogP contribution is -2.02. The van der Waals surface area contributed by atoms with Crippen LogP contribution in [-0.4, -0.2) is 4.98 Å². The van der Waals surface area contributed by atoms with E-state index in [0.717, 1.165) is 0 Å². The highest BCUT2D eigenvalue weighted by Gasteiger charge is 2.18. The number of alkyl halides is 2. The fourth-order valence-corrected chi connectivity index (χ4v) is 1.21. The Morgan fingerprint density at radius 1 is 1.62 bits per heavy atom. The molecule has 0 amide bonds. The number of nitrogens with zero attached hydrogens (tertiary/aromatic N) is 2. The zero-order valence-electron chi connectivity index (χ0n) is 6.26. The molecule has 0 spiro atoms. The first-order valence-corrected chi connectivity index (χ1v) is 4.28. The minimum Gasteiger partial charge on any atom is -0.397 e. The van der Waals surface area contributed by atoms with Crippen molar-refractivity contribution in [2.45, 2.75) is 6.43 Å². The second kappa shape index (κ2) is 3.83. The van der Waals surface area contributed by atoms with Gasteiger partial charge in [0.2, 0.25) is 0 Å². The maximum atomic E-state index is 12.3. The third kappa shape index (κ3) is 1.85. The van der Waals surface area contributed by atoms with Crippen LogP contribution in [0, 0.1) is 14.9 Å². The second-order valence-electron chi connectivity index (χ2n) is 2.19. The van der Waals surface area contributed by atoms with Crippen LogP contribution in [0.25, 0.3) is 0 Å². The highest BCUT2D eigenvalue weighted by atomic mass is 127. The molecular weight excluding hydrogens is 291 g/mol. The summed E-state index contributed by atoms with van der Waals surface area (Å²) in [5, 5.41) is 8.57. The van der Waals surface area contributed by atoms with Crippen LogP contribution in [0.4, 0.5) is 14.5 Å². The highest BCUT2D eigenvalue weighted by Crippen LogP contribution is 2.26. The number of hydrogen-bond donors (Lipinski definition) is 1. The largest absolute Gasteiger partial charge is 0.397 e. The predicted octanol–water partition coefficient (Wildman–Crippen LogP) is 2.08. The van der Waals surface area contributed by atoms with Gasteiger partial charge in [-0.15, -0.1) is 0 Å². The van der Waals surface area contributed by atoms with E-state index in [-0.39, 0.29) is 11.3 Å². The van der Waals surface area contributed by atoms with Gasteiger partial charge in [0.05, 0.1) is 9.26 Å². The van der Waals surface area contributed by atoms with Crippen molar-refractivity contribution in [3.63, 3.8) is 0 Å². The molecule has 1 rings (SSSR count). The number of rotatable bonds is 1. The number of halogens is 3. The van der Waals surface area contributed by atoms with Gasteiger partial charge in [-0.1, -0.05) is 0 Å². The lowest BCUT2D eigenvalue weighted by atomic mass is 10.2. The summed E-state index contributed by atoms with van der Waals surface area (Å²) in [4.78, 5) is 3.45. The summed E-state index contributed by atoms with van der Waals surface area (Å²) in [6.45, 7) is 0. The number of nitrogens with two attached hydrogens (primary N) is 1. The van der Waals surface area contributed by atoms with Crippen LogP contribution in [0.1, 0.15) is 17.7 Å². The standard InChI is InChI=1S/C7H4F2IN3/c8-7(9)6-3(1-11)5(12)4(10)2-13-6/h2,7H,(H2,12,13). The van der Waals surface area contributed by atoms with Gasteiger partial charge in [-0.05, 0) is 22.6 Å². The Balaban J connectivity index is 3.41. The molecule has 1 aromatic rings. The van der Waals surface area contributed by atoms with Crippen molar-refractivity contribution in [1.82, 2.24) is 4.98 Å². The Bertz CT molecular complexity index is 373. The van der Waals surface area contributed by atoms with E-state index >= 15 is 0 Å². The molecule has 0 aliphatic carbocycles. The van der Waals surface area contributed by atoms with E-state index in [9.17, 15) is 8.78 Å². The van der Waals surface area contributed by atoms with Crippen molar-refractivity contribution >= 4 is 28.3 Å². The molecule has 0 radical (unpaired) electrons. The SMILES string of the molecule is N#Cc1c(C(F)F)ncc(I)c1N. The zero-order valence-corrected chi connectivity index (χ0v) is 8.42. The third-order valence-corrected chi connectivity index (χ3v) is 2.28. The maximum absolute atomic E-state index is 12.3. The number of anilines is 1. The van der Waals surface area contributed by atoms with Gasteiger partial charge in [0.15, 0.2) is 0 Å². The molecule has 0 saturated heterocycles. The van der Waals surface area contributed by atoms with E-state index in [1.54, 1.807) is 6.07 Å². The maximum Gasteiger partial charge on any atom is 0.281 e. The fourth-order valence-electron chi connectivity index (χ4n) is 0.801. The summed E-state index contributed by atoms with van der Waals surface area (Å²) in [6, 6.07) is 1.61. The van der Waals surface area contributed by atoms with Crippen LogP contribution in [0.2, 0.25) is 0 Å². The number of pyridine rings is 1. The molecule has 0 aliphatic rings. The van der Waals surface area contributed by atoms with E-state index in [1.807, 2.05) is 22.6 Å². The Morgan fingerprint density at radius 2 is 2.23 bits per heavy atom. The molecule has 6 heteroatoms. The van der Waals surface area contributed by atoms with Crippen LogP contribution >= 0.6 is 22.6 Å². The molecule has 3 nitrogen and oxygen atoms in total. The predicted molar refractivity (Wildman–Crippen MR) is 51.0 cm³/mol. The molecule has 0 atom stereocenters. The lowest BCUT2D eigenvalue weighted by molar-refractivity contribution is 0.146. The second-order valence-corrected chi connectivity index (χ2v) is 3.35. The third-order valence-electron chi connectivity index (χ3n) is 1.42. The van der Waals surface area contributed by atoms with Crippen molar-refractivity contribution in [3.8, 4) is 6.07 Å². The molecule has 0 unspecified atom stereocenters. The minimum atomic E-state index is -2.77. The molecule has 1 aromatic heterocycles. The van der Waals surface area contributed by atoms with Crippen molar-refractivity contribution in [2.24, 2.45) is 0 Å². The van der Waals surface area contributed by atoms with Crippen LogP contribution in [-0.2, 0) is 0 Å². The van der Waals surface area contributed by atoms with Gasteiger partial charge < -0.3 is 5.73 Å². The Morgan fingerprint density at radius 3 is 2.69 bits per heavy atom. The van der Waals surface area contributed by atoms with E-state index < -0.39 is 12.1 Å². The van der Waals surface area contributed by atoms with Gasteiger partial charge in [0.1, 0.15) is 17.3 Å². The van der Waals surface area contributed by atoms with Crippen molar-refractivity contribution in [2.75, 3.05) is 5.73 Å². The van der Waals surface area contributed by atoms with Gasteiger partial charge in [0.25, 0.3) is 6.43 Å². The van der Waals surface area contributed by atoms with E-state index in [2.05, 4.69) is 4.98 Å². The molecular formula is C7H4F2IN3. The van der Waals surface area contributed by atoms with Crippen molar-refractivity contribution in [3.05, 3.63) is 21.0 Å². The Kier molecular flexibility index (Phi) is 2.98. The summed E-state index contributed by atoms with van der Waals surface area (Å²) >= 11 is 1.83. The molecule has 68 valence electrons. The van der Waals surface area contributed by atoms with E-state index in [0.29, 0.717) is 3.57 Å². The van der Waals surface area contributed by atoms with Crippen LogP contribution in [0.3, 0.4) is 0 Å². The summed E-state index contributed by atoms with van der Waals surface area (Å²) in [5.41, 5.74) is 4.70. The van der Waals surface area contributed by atoms with Crippen molar-refractivity contribution in [1.29, 1.82) is 5.26 Å². The molecule has 0 bridgehead atoms. The van der Waals surface area contributed by atoms with Gasteiger partial charge in [-0.3, -0.25) is 4.98 Å². The average Bonchev–Trinajstić information content (AvgIpc) is 2.09. The lowest BCUT2D eigenvalue weighted by Gasteiger charge is -2.05. The first-order valence-electron chi connectivity index (χ1n) is 3.20. The summed E-state index contributed by atoms with van der Waals surface area (Å²) < 4.78 is 25.0. The number of nitrogen functional groups attached to an aromatic ring is 1. The molecule has 0 aliphatic heterocycles. The van der Waals surface area contributed by atoms with E-state index in [4.69, 9.17) is 11.0 Å². The number of nitriles is 1. The fraction of sp³-hybridized carbons (Fsp3) is 0.143. The smallest absolute Gasteiger partial charge is 0.281 e. The van der Waals surface area contributed by atoms with Gasteiger partial charge in [-0.25, -0.2) is 8.78 Å². The number of hydrogen-bond acceptors (Lipinski definition) is 3. The van der Waals surface area contributed by atoms with Gasteiger partial charge >= 0.3 is 0 Å². The number of aromatic nitrogens is 1. The molecule has 0 saturated carbocycles. The topological polar surface area (TPSA) is 62.7 Å². The van der Waals surface area contributed by atoms with Gasteiger partial charge in [0, 0.05) is 6.20 Å².